The van der Waals surface area contributed by atoms with E-state index in [1.54, 1.807) is 48.5 Å². The summed E-state index contributed by atoms with van der Waals surface area (Å²) in [5.74, 6) is -1.26. The van der Waals surface area contributed by atoms with Crippen molar-refractivity contribution in [2.24, 2.45) is 5.92 Å². The van der Waals surface area contributed by atoms with E-state index in [1.807, 2.05) is 0 Å². The largest absolute Gasteiger partial charge is 0.495 e. The van der Waals surface area contributed by atoms with Crippen molar-refractivity contribution in [3.63, 3.8) is 0 Å². The normalized spacial score (nSPS) is 19.6. The van der Waals surface area contributed by atoms with E-state index in [4.69, 9.17) is 4.74 Å². The number of methoxy groups -OCH3 is 1. The fraction of sp³-hybridized carbons (Fsp3) is 0.286. The lowest BCUT2D eigenvalue weighted by atomic mass is 9.78. The number of Topliss-reactive ketones (excluding diaryl/α,β-unsaturated/α-hetero) is 1. The van der Waals surface area contributed by atoms with Crippen molar-refractivity contribution < 1.29 is 24.2 Å². The predicted octanol–water partition coefficient (Wildman–Crippen LogP) is 2.25. The SMILES string of the molecule is COc1ccc(N2C(=O)[C@@H](C(C)O)[C@@H]2C(=O)c2ccccc2)cc1NC(C)=O. The minimum atomic E-state index is -0.963. The van der Waals surface area contributed by atoms with E-state index in [2.05, 4.69) is 5.32 Å². The van der Waals surface area contributed by atoms with Gasteiger partial charge in [-0.1, -0.05) is 30.3 Å². The van der Waals surface area contributed by atoms with Crippen LogP contribution in [0.5, 0.6) is 5.75 Å². The van der Waals surface area contributed by atoms with Gasteiger partial charge < -0.3 is 20.1 Å². The number of ketones is 1. The molecule has 3 atom stereocenters. The molecule has 2 aromatic rings. The van der Waals surface area contributed by atoms with Gasteiger partial charge in [-0.05, 0) is 25.1 Å². The molecule has 1 heterocycles. The van der Waals surface area contributed by atoms with Crippen molar-refractivity contribution in [2.45, 2.75) is 26.0 Å². The van der Waals surface area contributed by atoms with Gasteiger partial charge in [0.15, 0.2) is 5.78 Å². The number of rotatable bonds is 6. The van der Waals surface area contributed by atoms with Crippen LogP contribution in [-0.4, -0.2) is 42.0 Å². The molecule has 0 bridgehead atoms. The van der Waals surface area contributed by atoms with Gasteiger partial charge in [-0.3, -0.25) is 14.4 Å². The second kappa shape index (κ2) is 7.82. The minimum absolute atomic E-state index is 0.247. The highest BCUT2D eigenvalue weighted by atomic mass is 16.5. The van der Waals surface area contributed by atoms with Gasteiger partial charge in [-0.2, -0.15) is 0 Å². The Morgan fingerprint density at radius 2 is 1.86 bits per heavy atom. The Bertz CT molecular complexity index is 910. The van der Waals surface area contributed by atoms with Gasteiger partial charge in [-0.15, -0.1) is 0 Å². The lowest BCUT2D eigenvalue weighted by Gasteiger charge is -2.47. The molecule has 146 valence electrons. The van der Waals surface area contributed by atoms with Crippen molar-refractivity contribution in [1.29, 1.82) is 0 Å². The van der Waals surface area contributed by atoms with Crippen LogP contribution in [0.3, 0.4) is 0 Å². The van der Waals surface area contributed by atoms with E-state index in [0.717, 1.165) is 0 Å². The molecular weight excluding hydrogens is 360 g/mol. The van der Waals surface area contributed by atoms with Crippen LogP contribution in [0, 0.1) is 5.92 Å². The van der Waals surface area contributed by atoms with E-state index in [9.17, 15) is 19.5 Å². The molecule has 0 spiro atoms. The molecule has 2 aromatic carbocycles. The lowest BCUT2D eigenvalue weighted by Crippen LogP contribution is -2.67. The summed E-state index contributed by atoms with van der Waals surface area (Å²) < 4.78 is 5.24. The molecule has 0 radical (unpaired) electrons. The molecule has 2 amide bonds. The van der Waals surface area contributed by atoms with Crippen LogP contribution >= 0.6 is 0 Å². The lowest BCUT2D eigenvalue weighted by molar-refractivity contribution is -0.133. The zero-order valence-corrected chi connectivity index (χ0v) is 15.9. The molecule has 7 nitrogen and oxygen atoms in total. The standard InChI is InChI=1S/C21H22N2O5/c1-12(24)18-19(20(26)14-7-5-4-6-8-14)23(21(18)27)15-9-10-17(28-3)16(11-15)22-13(2)25/h4-12,18-19,24H,1-3H3,(H,22,25)/t12?,18-,19+/m0/s1. The number of β-lactam (4-membered cyclic amide) rings is 1. The van der Waals surface area contributed by atoms with Gasteiger partial charge >= 0.3 is 0 Å². The second-order valence-electron chi connectivity index (χ2n) is 6.72. The van der Waals surface area contributed by atoms with E-state index in [-0.39, 0.29) is 17.6 Å². The average Bonchev–Trinajstić information content (AvgIpc) is 2.65. The molecule has 7 heteroatoms. The molecule has 1 aliphatic rings. The maximum absolute atomic E-state index is 13.1. The number of nitrogens with one attached hydrogen (secondary N) is 1. The van der Waals surface area contributed by atoms with Gasteiger partial charge in [0.05, 0.1) is 24.8 Å². The van der Waals surface area contributed by atoms with Gasteiger partial charge in [-0.25, -0.2) is 0 Å². The monoisotopic (exact) mass is 382 g/mol. The van der Waals surface area contributed by atoms with Crippen molar-refractivity contribution in [2.75, 3.05) is 17.3 Å². The molecular formula is C21H22N2O5. The summed E-state index contributed by atoms with van der Waals surface area (Å²) in [7, 11) is 1.47. The van der Waals surface area contributed by atoms with E-state index < -0.39 is 18.1 Å². The van der Waals surface area contributed by atoms with Crippen LogP contribution in [0.2, 0.25) is 0 Å². The van der Waals surface area contributed by atoms with E-state index in [0.29, 0.717) is 22.7 Å². The number of aliphatic hydroxyl groups excluding tert-OH is 1. The van der Waals surface area contributed by atoms with Crippen molar-refractivity contribution >= 4 is 29.0 Å². The highest BCUT2D eigenvalue weighted by molar-refractivity contribution is 6.17. The number of hydrogen-bond donors (Lipinski definition) is 2. The first-order chi connectivity index (χ1) is 13.3. The van der Waals surface area contributed by atoms with Crippen LogP contribution in [0.15, 0.2) is 48.5 Å². The molecule has 3 rings (SSSR count). The fourth-order valence-corrected chi connectivity index (χ4v) is 3.46. The van der Waals surface area contributed by atoms with Gasteiger partial charge in [0.2, 0.25) is 11.8 Å². The number of amides is 2. The zero-order valence-electron chi connectivity index (χ0n) is 15.9. The minimum Gasteiger partial charge on any atom is -0.495 e. The Morgan fingerprint density at radius 3 is 2.43 bits per heavy atom. The summed E-state index contributed by atoms with van der Waals surface area (Å²) in [5, 5.41) is 12.7. The summed E-state index contributed by atoms with van der Waals surface area (Å²) in [6, 6.07) is 12.7. The molecule has 0 saturated carbocycles. The number of carbonyl (C=O) groups excluding carboxylic acids is 3. The number of benzene rings is 2. The highest BCUT2D eigenvalue weighted by Gasteiger charge is 2.54. The number of hydrogen-bond acceptors (Lipinski definition) is 5. The quantitative estimate of drug-likeness (QED) is 0.590. The van der Waals surface area contributed by atoms with Crippen molar-refractivity contribution in [1.82, 2.24) is 0 Å². The Balaban J connectivity index is 2.00. The predicted molar refractivity (Wildman–Crippen MR) is 105 cm³/mol. The first kappa shape index (κ1) is 19.6. The number of nitrogens with zero attached hydrogens (tertiary/aromatic N) is 1. The van der Waals surface area contributed by atoms with Crippen LogP contribution in [-0.2, 0) is 9.59 Å². The molecule has 28 heavy (non-hydrogen) atoms. The number of aliphatic hydroxyl groups is 1. The number of anilines is 2. The highest BCUT2D eigenvalue weighted by Crippen LogP contribution is 2.39. The maximum atomic E-state index is 13.1. The van der Waals surface area contributed by atoms with Crippen LogP contribution in [0.25, 0.3) is 0 Å². The number of carbonyl (C=O) groups is 3. The summed E-state index contributed by atoms with van der Waals surface area (Å²) in [4.78, 5) is 38.6. The Labute approximate surface area is 162 Å². The van der Waals surface area contributed by atoms with Gasteiger partial charge in [0.1, 0.15) is 11.8 Å². The third-order valence-corrected chi connectivity index (χ3v) is 4.76. The summed E-state index contributed by atoms with van der Waals surface area (Å²) in [6.07, 6.45) is -0.963. The number of ether oxygens (including phenoxy) is 1. The first-order valence-electron chi connectivity index (χ1n) is 8.91. The average molecular weight is 382 g/mol. The zero-order chi connectivity index (χ0) is 20.4. The smallest absolute Gasteiger partial charge is 0.236 e. The Kier molecular flexibility index (Phi) is 5.46. The van der Waals surface area contributed by atoms with Crippen molar-refractivity contribution in [3.8, 4) is 5.75 Å². The van der Waals surface area contributed by atoms with Crippen LogP contribution in [0.1, 0.15) is 24.2 Å². The van der Waals surface area contributed by atoms with Crippen LogP contribution < -0.4 is 15.0 Å². The second-order valence-corrected chi connectivity index (χ2v) is 6.72. The summed E-state index contributed by atoms with van der Waals surface area (Å²) in [6.45, 7) is 2.87. The Morgan fingerprint density at radius 1 is 1.18 bits per heavy atom. The molecule has 0 aliphatic carbocycles. The molecule has 1 saturated heterocycles. The van der Waals surface area contributed by atoms with Crippen molar-refractivity contribution in [3.05, 3.63) is 54.1 Å². The fourth-order valence-electron chi connectivity index (χ4n) is 3.46. The third-order valence-electron chi connectivity index (χ3n) is 4.76. The van der Waals surface area contributed by atoms with Gasteiger partial charge in [0, 0.05) is 18.2 Å². The van der Waals surface area contributed by atoms with E-state index >= 15 is 0 Å². The topological polar surface area (TPSA) is 95.9 Å². The van der Waals surface area contributed by atoms with Crippen LogP contribution in [0.4, 0.5) is 11.4 Å². The third kappa shape index (κ3) is 3.48. The molecule has 1 aliphatic heterocycles. The summed E-state index contributed by atoms with van der Waals surface area (Å²) in [5.41, 5.74) is 1.30. The molecule has 1 unspecified atom stereocenters. The van der Waals surface area contributed by atoms with E-state index in [1.165, 1.54) is 25.9 Å². The molecule has 0 aromatic heterocycles. The maximum Gasteiger partial charge on any atom is 0.236 e. The van der Waals surface area contributed by atoms with Gasteiger partial charge in [0.25, 0.3) is 0 Å². The first-order valence-corrected chi connectivity index (χ1v) is 8.91. The molecule has 2 N–H and O–H groups in total. The molecule has 1 fully saturated rings. The Hall–Kier alpha value is -3.19. The summed E-state index contributed by atoms with van der Waals surface area (Å²) >= 11 is 0.